The van der Waals surface area contributed by atoms with E-state index in [4.69, 9.17) is 4.74 Å². The Morgan fingerprint density at radius 3 is 2.59 bits per heavy atom. The van der Waals surface area contributed by atoms with Crippen molar-refractivity contribution in [1.82, 2.24) is 15.3 Å². The summed E-state index contributed by atoms with van der Waals surface area (Å²) in [7, 11) is 1.40. The van der Waals surface area contributed by atoms with E-state index in [1.165, 1.54) is 7.11 Å². The predicted molar refractivity (Wildman–Crippen MR) is 86.4 cm³/mol. The minimum atomic E-state index is -0.409. The van der Waals surface area contributed by atoms with Crippen LogP contribution in [0.5, 0.6) is 0 Å². The highest BCUT2D eigenvalue weighted by atomic mass is 16.5. The van der Waals surface area contributed by atoms with Crippen molar-refractivity contribution in [2.24, 2.45) is 5.41 Å². The van der Waals surface area contributed by atoms with Crippen LogP contribution in [0.4, 0.5) is 0 Å². The SMILES string of the molecule is COC(=O)C(NCc1nc(C)c2ccccc2n1)C(C)(C)C. The first-order chi connectivity index (χ1) is 10.3. The fourth-order valence-electron chi connectivity index (χ4n) is 2.43. The zero-order chi connectivity index (χ0) is 16.3. The molecule has 1 N–H and O–H groups in total. The summed E-state index contributed by atoms with van der Waals surface area (Å²) >= 11 is 0. The molecule has 0 aliphatic rings. The molecular weight excluding hydrogens is 278 g/mol. The summed E-state index contributed by atoms with van der Waals surface area (Å²) in [5.41, 5.74) is 1.60. The Kier molecular flexibility index (Phi) is 4.76. The highest BCUT2D eigenvalue weighted by Gasteiger charge is 2.31. The van der Waals surface area contributed by atoms with Crippen molar-refractivity contribution in [2.75, 3.05) is 7.11 Å². The molecule has 0 spiro atoms. The Bertz CT molecular complexity index is 677. The number of nitrogens with zero attached hydrogens (tertiary/aromatic N) is 2. The lowest BCUT2D eigenvalue weighted by molar-refractivity contribution is -0.146. The van der Waals surface area contributed by atoms with Crippen molar-refractivity contribution in [2.45, 2.75) is 40.3 Å². The third-order valence-electron chi connectivity index (χ3n) is 3.61. The number of nitrogens with one attached hydrogen (secondary N) is 1. The number of aromatic nitrogens is 2. The van der Waals surface area contributed by atoms with Crippen molar-refractivity contribution in [3.05, 3.63) is 35.8 Å². The number of para-hydroxylation sites is 1. The Balaban J connectivity index is 2.21. The van der Waals surface area contributed by atoms with E-state index in [1.807, 2.05) is 52.0 Å². The van der Waals surface area contributed by atoms with E-state index in [1.54, 1.807) is 0 Å². The van der Waals surface area contributed by atoms with Crippen LogP contribution in [0.1, 0.15) is 32.3 Å². The van der Waals surface area contributed by atoms with Crippen LogP contribution in [0.3, 0.4) is 0 Å². The second-order valence-corrected chi connectivity index (χ2v) is 6.45. The second kappa shape index (κ2) is 6.40. The smallest absolute Gasteiger partial charge is 0.323 e. The van der Waals surface area contributed by atoms with Gasteiger partial charge in [-0.3, -0.25) is 10.1 Å². The van der Waals surface area contributed by atoms with E-state index in [0.717, 1.165) is 16.6 Å². The fraction of sp³-hybridized carbons (Fsp3) is 0.471. The van der Waals surface area contributed by atoms with Crippen molar-refractivity contribution >= 4 is 16.9 Å². The van der Waals surface area contributed by atoms with Gasteiger partial charge in [-0.05, 0) is 18.4 Å². The van der Waals surface area contributed by atoms with E-state index in [-0.39, 0.29) is 11.4 Å². The first-order valence-electron chi connectivity index (χ1n) is 7.36. The Morgan fingerprint density at radius 1 is 1.27 bits per heavy atom. The van der Waals surface area contributed by atoms with Crippen LogP contribution >= 0.6 is 0 Å². The van der Waals surface area contributed by atoms with Gasteiger partial charge in [0.2, 0.25) is 0 Å². The van der Waals surface area contributed by atoms with Crippen LogP contribution in [-0.2, 0) is 16.1 Å². The molecule has 22 heavy (non-hydrogen) atoms. The van der Waals surface area contributed by atoms with Gasteiger partial charge in [0.1, 0.15) is 11.9 Å². The van der Waals surface area contributed by atoms with Crippen LogP contribution in [0, 0.1) is 12.3 Å². The average molecular weight is 301 g/mol. The number of carbonyl (C=O) groups is 1. The standard InChI is InChI=1S/C17H23N3O2/c1-11-12-8-6-7-9-13(12)20-14(19-11)10-18-15(16(21)22-5)17(2,3)4/h6-9,15,18H,10H2,1-5H3. The number of methoxy groups -OCH3 is 1. The summed E-state index contributed by atoms with van der Waals surface area (Å²) < 4.78 is 4.88. The molecule has 0 aliphatic carbocycles. The van der Waals surface area contributed by atoms with Gasteiger partial charge in [-0.2, -0.15) is 0 Å². The largest absolute Gasteiger partial charge is 0.468 e. The number of rotatable bonds is 4. The van der Waals surface area contributed by atoms with E-state index >= 15 is 0 Å². The monoisotopic (exact) mass is 301 g/mol. The van der Waals surface area contributed by atoms with Crippen molar-refractivity contribution in [3.8, 4) is 0 Å². The molecule has 0 saturated carbocycles. The molecule has 0 aliphatic heterocycles. The number of aryl methyl sites for hydroxylation is 1. The van der Waals surface area contributed by atoms with Crippen LogP contribution in [0.25, 0.3) is 10.9 Å². The fourth-order valence-corrected chi connectivity index (χ4v) is 2.43. The number of hydrogen-bond donors (Lipinski definition) is 1. The van der Waals surface area contributed by atoms with Gasteiger partial charge in [0.25, 0.3) is 0 Å². The maximum atomic E-state index is 11.9. The van der Waals surface area contributed by atoms with E-state index in [2.05, 4.69) is 15.3 Å². The highest BCUT2D eigenvalue weighted by Crippen LogP contribution is 2.21. The zero-order valence-corrected chi connectivity index (χ0v) is 13.8. The minimum absolute atomic E-state index is 0.251. The van der Waals surface area contributed by atoms with Gasteiger partial charge < -0.3 is 4.74 Å². The number of fused-ring (bicyclic) bond motifs is 1. The van der Waals surface area contributed by atoms with Crippen molar-refractivity contribution in [3.63, 3.8) is 0 Å². The van der Waals surface area contributed by atoms with E-state index < -0.39 is 6.04 Å². The van der Waals surface area contributed by atoms with Gasteiger partial charge in [0.05, 0.1) is 19.2 Å². The Hall–Kier alpha value is -2.01. The summed E-state index contributed by atoms with van der Waals surface area (Å²) in [6.07, 6.45) is 0. The second-order valence-electron chi connectivity index (χ2n) is 6.45. The first-order valence-corrected chi connectivity index (χ1v) is 7.36. The number of carbonyl (C=O) groups excluding carboxylic acids is 1. The number of hydrogen-bond acceptors (Lipinski definition) is 5. The molecule has 2 rings (SSSR count). The van der Waals surface area contributed by atoms with Gasteiger partial charge in [-0.25, -0.2) is 9.97 Å². The molecule has 0 saturated heterocycles. The molecule has 0 radical (unpaired) electrons. The summed E-state index contributed by atoms with van der Waals surface area (Å²) in [5.74, 6) is 0.402. The van der Waals surface area contributed by atoms with Gasteiger partial charge in [0, 0.05) is 11.1 Å². The van der Waals surface area contributed by atoms with Crippen LogP contribution in [0.2, 0.25) is 0 Å². The maximum Gasteiger partial charge on any atom is 0.323 e. The average Bonchev–Trinajstić information content (AvgIpc) is 2.46. The molecule has 0 fully saturated rings. The van der Waals surface area contributed by atoms with Crippen molar-refractivity contribution < 1.29 is 9.53 Å². The quantitative estimate of drug-likeness (QED) is 0.879. The summed E-state index contributed by atoms with van der Waals surface area (Å²) in [5, 5.41) is 4.27. The number of benzene rings is 1. The van der Waals surface area contributed by atoms with E-state index in [9.17, 15) is 4.79 Å². The molecule has 1 heterocycles. The van der Waals surface area contributed by atoms with Gasteiger partial charge in [0.15, 0.2) is 0 Å². The minimum Gasteiger partial charge on any atom is -0.468 e. The Morgan fingerprint density at radius 2 is 1.95 bits per heavy atom. The molecule has 5 nitrogen and oxygen atoms in total. The molecule has 5 heteroatoms. The van der Waals surface area contributed by atoms with E-state index in [0.29, 0.717) is 12.4 Å². The summed E-state index contributed by atoms with van der Waals surface area (Å²) in [6, 6.07) is 7.50. The molecule has 1 aromatic carbocycles. The molecule has 118 valence electrons. The predicted octanol–water partition coefficient (Wildman–Crippen LogP) is 2.62. The van der Waals surface area contributed by atoms with Gasteiger partial charge in [-0.1, -0.05) is 39.0 Å². The zero-order valence-electron chi connectivity index (χ0n) is 13.8. The maximum absolute atomic E-state index is 11.9. The van der Waals surface area contributed by atoms with Gasteiger partial charge >= 0.3 is 5.97 Å². The van der Waals surface area contributed by atoms with Gasteiger partial charge in [-0.15, -0.1) is 0 Å². The number of ether oxygens (including phenoxy) is 1. The third kappa shape index (κ3) is 3.60. The summed E-state index contributed by atoms with van der Waals surface area (Å²) in [6.45, 7) is 8.37. The molecular formula is C17H23N3O2. The lowest BCUT2D eigenvalue weighted by Crippen LogP contribution is -2.47. The van der Waals surface area contributed by atoms with Crippen molar-refractivity contribution in [1.29, 1.82) is 0 Å². The first kappa shape index (κ1) is 16.4. The van der Waals surface area contributed by atoms with Crippen LogP contribution in [0.15, 0.2) is 24.3 Å². The lowest BCUT2D eigenvalue weighted by Gasteiger charge is -2.29. The molecule has 1 aromatic heterocycles. The highest BCUT2D eigenvalue weighted by molar-refractivity contribution is 5.80. The molecule has 2 aromatic rings. The van der Waals surface area contributed by atoms with Crippen LogP contribution < -0.4 is 5.32 Å². The number of esters is 1. The normalized spacial score (nSPS) is 13.1. The summed E-state index contributed by atoms with van der Waals surface area (Å²) in [4.78, 5) is 21.0. The molecule has 0 bridgehead atoms. The third-order valence-corrected chi connectivity index (χ3v) is 3.61. The Labute approximate surface area is 131 Å². The lowest BCUT2D eigenvalue weighted by atomic mass is 9.87. The molecule has 0 amide bonds. The molecule has 1 atom stereocenters. The topological polar surface area (TPSA) is 64.1 Å². The van der Waals surface area contributed by atoms with Crippen LogP contribution in [-0.4, -0.2) is 29.1 Å². The molecule has 1 unspecified atom stereocenters.